The maximum absolute atomic E-state index is 12.8. The van der Waals surface area contributed by atoms with Crippen molar-refractivity contribution in [2.45, 2.75) is 42.2 Å². The van der Waals surface area contributed by atoms with Gasteiger partial charge in [-0.2, -0.15) is 5.10 Å². The van der Waals surface area contributed by atoms with Gasteiger partial charge in [-0.25, -0.2) is 18.1 Å². The van der Waals surface area contributed by atoms with Gasteiger partial charge in [0, 0.05) is 11.6 Å². The molecule has 29 heavy (non-hydrogen) atoms. The molecule has 3 aromatic rings. The van der Waals surface area contributed by atoms with Crippen LogP contribution in [0.5, 0.6) is 0 Å². The van der Waals surface area contributed by atoms with E-state index in [1.165, 1.54) is 12.1 Å². The summed E-state index contributed by atoms with van der Waals surface area (Å²) in [4.78, 5) is 4.58. The fraction of sp³-hybridized carbons (Fsp3) is 0.368. The van der Waals surface area contributed by atoms with E-state index in [0.717, 1.165) is 6.42 Å². The highest BCUT2D eigenvalue weighted by molar-refractivity contribution is 7.89. The lowest BCUT2D eigenvalue weighted by Crippen LogP contribution is -2.39. The van der Waals surface area contributed by atoms with Crippen molar-refractivity contribution in [3.8, 4) is 11.3 Å². The number of rotatable bonds is 4. The number of aromatic nitrogens is 3. The highest BCUT2D eigenvalue weighted by Crippen LogP contribution is 2.53. The Hall–Kier alpha value is -2.20. The lowest BCUT2D eigenvalue weighted by atomic mass is 9.94. The van der Waals surface area contributed by atoms with Crippen LogP contribution < -0.4 is 10.5 Å². The molecule has 2 aromatic heterocycles. The largest absolute Gasteiger partial charge is 0.390 e. The molecule has 2 aliphatic carbocycles. The molecule has 1 unspecified atom stereocenters. The molecule has 10 heteroatoms. The molecule has 8 nitrogen and oxygen atoms in total. The molecular formula is C19H20ClN5O3S. The Kier molecular flexibility index (Phi) is 4.15. The van der Waals surface area contributed by atoms with Crippen LogP contribution in [-0.2, 0) is 10.0 Å². The molecule has 5 rings (SSSR count). The molecule has 0 saturated heterocycles. The molecule has 2 heterocycles. The zero-order chi connectivity index (χ0) is 20.4. The molecule has 1 aromatic carbocycles. The van der Waals surface area contributed by atoms with E-state index in [2.05, 4.69) is 19.9 Å². The third kappa shape index (κ3) is 3.28. The van der Waals surface area contributed by atoms with Crippen molar-refractivity contribution in [1.82, 2.24) is 19.9 Å². The van der Waals surface area contributed by atoms with Gasteiger partial charge in [0.25, 0.3) is 0 Å². The van der Waals surface area contributed by atoms with Crippen molar-refractivity contribution >= 4 is 38.5 Å². The number of benzene rings is 1. The number of fused-ring (bicyclic) bond motifs is 2. The number of halogens is 1. The van der Waals surface area contributed by atoms with Crippen molar-refractivity contribution in [3.05, 3.63) is 35.4 Å². The Morgan fingerprint density at radius 3 is 2.90 bits per heavy atom. The molecule has 0 aliphatic heterocycles. The topological polar surface area (TPSA) is 134 Å². The summed E-state index contributed by atoms with van der Waals surface area (Å²) in [5.74, 6) is 0.489. The van der Waals surface area contributed by atoms with E-state index in [1.807, 2.05) is 0 Å². The fourth-order valence-electron chi connectivity index (χ4n) is 4.20. The molecule has 5 N–H and O–H groups in total. The number of hydrogen-bond acceptors (Lipinski definition) is 6. The van der Waals surface area contributed by atoms with Crippen LogP contribution in [0.3, 0.4) is 0 Å². The van der Waals surface area contributed by atoms with Crippen LogP contribution in [0.25, 0.3) is 22.3 Å². The maximum Gasteiger partial charge on any atom is 0.240 e. The SMILES string of the molecule is Nc1n[nH]c2ccc(-c3ccc(S(=O)(=O)N[C@@H]4CC[C@]5(O)CC5C4)cc3Cl)nc12. The standard InChI is InChI=1S/C19H20ClN5O3S/c20-14-8-12(29(27,28)25-11-5-6-19(26)9-10(19)7-11)1-2-13(14)15-3-4-16-17(22-15)18(21)24-23-16/h1-4,8,10-11,25-26H,5-7,9H2,(H3,21,23,24)/t10?,11-,19+/m1/s1. The number of hydrogen-bond donors (Lipinski definition) is 4. The van der Waals surface area contributed by atoms with Crippen LogP contribution in [0.15, 0.2) is 35.2 Å². The lowest BCUT2D eigenvalue weighted by Gasteiger charge is -2.25. The maximum atomic E-state index is 12.8. The Morgan fingerprint density at radius 2 is 2.14 bits per heavy atom. The first-order valence-corrected chi connectivity index (χ1v) is 11.3. The summed E-state index contributed by atoms with van der Waals surface area (Å²) in [6.45, 7) is 0. The predicted molar refractivity (Wildman–Crippen MR) is 110 cm³/mol. The van der Waals surface area contributed by atoms with E-state index < -0.39 is 15.6 Å². The van der Waals surface area contributed by atoms with Gasteiger partial charge in [-0.15, -0.1) is 0 Å². The van der Waals surface area contributed by atoms with Gasteiger partial charge in [-0.1, -0.05) is 11.6 Å². The molecule has 2 aliphatic rings. The molecule has 0 spiro atoms. The minimum Gasteiger partial charge on any atom is -0.390 e. The van der Waals surface area contributed by atoms with E-state index in [9.17, 15) is 13.5 Å². The van der Waals surface area contributed by atoms with Crippen LogP contribution in [-0.4, -0.2) is 40.3 Å². The molecule has 0 bridgehead atoms. The second-order valence-corrected chi connectivity index (χ2v) is 10.1. The molecule has 0 radical (unpaired) electrons. The van der Waals surface area contributed by atoms with Gasteiger partial charge in [0.2, 0.25) is 10.0 Å². The number of H-pyrrole nitrogens is 1. The van der Waals surface area contributed by atoms with Gasteiger partial charge >= 0.3 is 0 Å². The first-order valence-electron chi connectivity index (χ1n) is 9.40. The fourth-order valence-corrected chi connectivity index (χ4v) is 5.85. The summed E-state index contributed by atoms with van der Waals surface area (Å²) in [5.41, 5.74) is 7.68. The van der Waals surface area contributed by atoms with Crippen LogP contribution in [0.1, 0.15) is 25.7 Å². The van der Waals surface area contributed by atoms with Gasteiger partial charge in [0.05, 0.1) is 26.7 Å². The number of nitrogen functional groups attached to an aromatic ring is 1. The average molecular weight is 434 g/mol. The molecular weight excluding hydrogens is 414 g/mol. The van der Waals surface area contributed by atoms with E-state index >= 15 is 0 Å². The Morgan fingerprint density at radius 1 is 1.31 bits per heavy atom. The number of nitrogens with one attached hydrogen (secondary N) is 2. The summed E-state index contributed by atoms with van der Waals surface area (Å²) >= 11 is 6.41. The second kappa shape index (κ2) is 6.40. The number of nitrogens with two attached hydrogens (primary N) is 1. The number of pyridine rings is 1. The number of anilines is 1. The number of aliphatic hydroxyl groups is 1. The third-order valence-electron chi connectivity index (χ3n) is 5.98. The smallest absolute Gasteiger partial charge is 0.240 e. The van der Waals surface area contributed by atoms with Gasteiger partial charge < -0.3 is 10.8 Å². The van der Waals surface area contributed by atoms with Crippen LogP contribution in [0.4, 0.5) is 5.82 Å². The number of nitrogens with zero attached hydrogens (tertiary/aromatic N) is 2. The quantitative estimate of drug-likeness (QED) is 0.499. The van der Waals surface area contributed by atoms with Crippen molar-refractivity contribution in [2.75, 3.05) is 5.73 Å². The highest BCUT2D eigenvalue weighted by atomic mass is 35.5. The average Bonchev–Trinajstić information content (AvgIpc) is 3.22. The molecule has 2 saturated carbocycles. The molecule has 3 atom stereocenters. The van der Waals surface area contributed by atoms with Gasteiger partial charge in [0.15, 0.2) is 5.82 Å². The van der Waals surface area contributed by atoms with E-state index in [4.69, 9.17) is 17.3 Å². The second-order valence-electron chi connectivity index (χ2n) is 7.94. The van der Waals surface area contributed by atoms with E-state index in [-0.39, 0.29) is 27.7 Å². The van der Waals surface area contributed by atoms with E-state index in [1.54, 1.807) is 18.2 Å². The van der Waals surface area contributed by atoms with Crippen molar-refractivity contribution in [1.29, 1.82) is 0 Å². The Labute approximate surface area is 172 Å². The van der Waals surface area contributed by atoms with Crippen LogP contribution >= 0.6 is 11.6 Å². The minimum atomic E-state index is -3.71. The van der Waals surface area contributed by atoms with Crippen LogP contribution in [0, 0.1) is 5.92 Å². The summed E-state index contributed by atoms with van der Waals surface area (Å²) in [7, 11) is -3.71. The highest BCUT2D eigenvalue weighted by Gasteiger charge is 2.55. The Bertz CT molecular complexity index is 1230. The van der Waals surface area contributed by atoms with E-state index in [0.29, 0.717) is 41.6 Å². The Balaban J connectivity index is 1.40. The van der Waals surface area contributed by atoms with Gasteiger partial charge in [0.1, 0.15) is 5.52 Å². The molecule has 2 fully saturated rings. The van der Waals surface area contributed by atoms with Crippen LogP contribution in [0.2, 0.25) is 5.02 Å². The monoisotopic (exact) mass is 433 g/mol. The van der Waals surface area contributed by atoms with Gasteiger partial charge in [-0.05, 0) is 61.9 Å². The summed E-state index contributed by atoms with van der Waals surface area (Å²) in [5, 5.41) is 17.1. The van der Waals surface area contributed by atoms with Crippen molar-refractivity contribution < 1.29 is 13.5 Å². The van der Waals surface area contributed by atoms with Gasteiger partial charge in [-0.3, -0.25) is 5.10 Å². The molecule has 152 valence electrons. The number of sulfonamides is 1. The predicted octanol–water partition coefficient (Wildman–Crippen LogP) is 2.44. The lowest BCUT2D eigenvalue weighted by molar-refractivity contribution is 0.0941. The summed E-state index contributed by atoms with van der Waals surface area (Å²) in [6, 6.07) is 7.99. The number of aromatic amines is 1. The van der Waals surface area contributed by atoms with Crippen molar-refractivity contribution in [2.24, 2.45) is 5.92 Å². The summed E-state index contributed by atoms with van der Waals surface area (Å²) in [6.07, 6.45) is 2.70. The molecule has 0 amide bonds. The third-order valence-corrected chi connectivity index (χ3v) is 7.81. The van der Waals surface area contributed by atoms with Crippen molar-refractivity contribution in [3.63, 3.8) is 0 Å². The zero-order valence-electron chi connectivity index (χ0n) is 15.4. The minimum absolute atomic E-state index is 0.104. The first-order chi connectivity index (χ1) is 13.7. The summed E-state index contributed by atoms with van der Waals surface area (Å²) < 4.78 is 28.4. The first kappa shape index (κ1) is 18.8. The zero-order valence-corrected chi connectivity index (χ0v) is 17.0. The normalized spacial score (nSPS) is 26.4.